The van der Waals surface area contributed by atoms with Crippen LogP contribution < -0.4 is 14.8 Å². The van der Waals surface area contributed by atoms with Crippen LogP contribution in [0.1, 0.15) is 24.4 Å². The number of halogens is 8. The van der Waals surface area contributed by atoms with Gasteiger partial charge < -0.3 is 14.8 Å². The summed E-state index contributed by atoms with van der Waals surface area (Å²) >= 11 is 0. The van der Waals surface area contributed by atoms with Crippen molar-refractivity contribution >= 4 is 24.8 Å². The Bertz CT molecular complexity index is 595. The molecule has 0 unspecified atom stereocenters. The van der Waals surface area contributed by atoms with E-state index in [0.717, 1.165) is 12.1 Å². The van der Waals surface area contributed by atoms with Gasteiger partial charge in [0.2, 0.25) is 0 Å². The van der Waals surface area contributed by atoms with Gasteiger partial charge in [-0.1, -0.05) is 0 Å². The molecular formula is C16H22Cl2F6N2O2. The summed E-state index contributed by atoms with van der Waals surface area (Å²) in [7, 11) is 1.32. The third kappa shape index (κ3) is 8.50. The lowest BCUT2D eigenvalue weighted by atomic mass is 9.98. The minimum Gasteiger partial charge on any atom is -0.496 e. The second kappa shape index (κ2) is 11.2. The van der Waals surface area contributed by atoms with Gasteiger partial charge in [0.05, 0.1) is 7.11 Å². The van der Waals surface area contributed by atoms with Crippen molar-refractivity contribution < 1.29 is 35.8 Å². The van der Waals surface area contributed by atoms with Crippen LogP contribution in [0, 0.1) is 0 Å². The molecule has 164 valence electrons. The summed E-state index contributed by atoms with van der Waals surface area (Å²) in [6, 6.07) is 2.73. The fourth-order valence-electron chi connectivity index (χ4n) is 3.00. The molecule has 1 N–H and O–H groups in total. The standard InChI is InChI=1S/C16H20F6N2O2.2ClH/c1-25-14-3-2-11(26-16(20,21)22)10-12(14)13(4-5-15(17,18)19)24-8-6-23-7-9-24;;/h2-3,10,13,23H,4-9H2,1H3;2*1H/t13-;;/m0../s1. The van der Waals surface area contributed by atoms with Gasteiger partial charge in [-0.05, 0) is 24.6 Å². The molecule has 1 aliphatic rings. The molecule has 0 radical (unpaired) electrons. The molecule has 0 amide bonds. The highest BCUT2D eigenvalue weighted by Crippen LogP contribution is 2.38. The van der Waals surface area contributed by atoms with Crippen LogP contribution in [0.15, 0.2) is 18.2 Å². The van der Waals surface area contributed by atoms with Crippen LogP contribution in [-0.4, -0.2) is 50.7 Å². The maximum absolute atomic E-state index is 12.7. The Morgan fingerprint density at radius 3 is 2.18 bits per heavy atom. The Hall–Kier alpha value is -1.10. The molecule has 1 saturated heterocycles. The molecule has 12 heteroatoms. The van der Waals surface area contributed by atoms with Crippen LogP contribution in [-0.2, 0) is 0 Å². The van der Waals surface area contributed by atoms with Gasteiger partial charge in [0, 0.05) is 44.2 Å². The molecule has 1 heterocycles. The normalized spacial score (nSPS) is 16.5. The summed E-state index contributed by atoms with van der Waals surface area (Å²) in [6.45, 7) is 2.14. The first-order chi connectivity index (χ1) is 12.1. The van der Waals surface area contributed by atoms with Gasteiger partial charge in [-0.15, -0.1) is 38.0 Å². The van der Waals surface area contributed by atoms with E-state index in [1.807, 2.05) is 4.90 Å². The van der Waals surface area contributed by atoms with Crippen LogP contribution >= 0.6 is 24.8 Å². The molecule has 0 aliphatic carbocycles. The lowest BCUT2D eigenvalue weighted by molar-refractivity contribution is -0.274. The first-order valence-electron chi connectivity index (χ1n) is 8.04. The smallest absolute Gasteiger partial charge is 0.496 e. The van der Waals surface area contributed by atoms with E-state index in [4.69, 9.17) is 4.74 Å². The van der Waals surface area contributed by atoms with Gasteiger partial charge in [0.15, 0.2) is 0 Å². The molecule has 0 aromatic heterocycles. The molecule has 1 aliphatic heterocycles. The maximum atomic E-state index is 12.7. The van der Waals surface area contributed by atoms with E-state index in [-0.39, 0.29) is 42.5 Å². The molecule has 0 bridgehead atoms. The number of alkyl halides is 6. The number of methoxy groups -OCH3 is 1. The van der Waals surface area contributed by atoms with E-state index in [1.54, 1.807) is 0 Å². The van der Waals surface area contributed by atoms with Crippen molar-refractivity contribution in [2.24, 2.45) is 0 Å². The number of ether oxygens (including phenoxy) is 2. The van der Waals surface area contributed by atoms with Crippen LogP contribution in [0.25, 0.3) is 0 Å². The Kier molecular flexibility index (Phi) is 10.7. The minimum atomic E-state index is -4.89. The largest absolute Gasteiger partial charge is 0.573 e. The summed E-state index contributed by atoms with van der Waals surface area (Å²) in [5, 5.41) is 3.10. The lowest BCUT2D eigenvalue weighted by Crippen LogP contribution is -2.45. The summed E-state index contributed by atoms with van der Waals surface area (Å²) in [6.07, 6.45) is -10.6. The number of rotatable bonds is 6. The number of hydrogen-bond donors (Lipinski definition) is 1. The van der Waals surface area contributed by atoms with Crippen molar-refractivity contribution in [3.8, 4) is 11.5 Å². The lowest BCUT2D eigenvalue weighted by Gasteiger charge is -2.36. The molecule has 1 aromatic carbocycles. The van der Waals surface area contributed by atoms with E-state index < -0.39 is 30.8 Å². The average Bonchev–Trinajstić information content (AvgIpc) is 2.54. The molecule has 1 atom stereocenters. The Morgan fingerprint density at radius 2 is 1.68 bits per heavy atom. The summed E-state index contributed by atoms with van der Waals surface area (Å²) in [5.41, 5.74) is 0.250. The second-order valence-corrected chi connectivity index (χ2v) is 5.91. The predicted molar refractivity (Wildman–Crippen MR) is 96.6 cm³/mol. The Balaban J connectivity index is 0.00000364. The molecule has 0 spiro atoms. The highest BCUT2D eigenvalue weighted by atomic mass is 35.5. The molecule has 4 nitrogen and oxygen atoms in total. The van der Waals surface area contributed by atoms with Crippen molar-refractivity contribution in [2.45, 2.75) is 31.4 Å². The molecule has 0 saturated carbocycles. The molecule has 2 rings (SSSR count). The van der Waals surface area contributed by atoms with Crippen LogP contribution in [0.4, 0.5) is 26.3 Å². The van der Waals surface area contributed by atoms with Gasteiger partial charge in [0.25, 0.3) is 0 Å². The zero-order valence-electron chi connectivity index (χ0n) is 14.9. The summed E-state index contributed by atoms with van der Waals surface area (Å²) in [4.78, 5) is 1.82. The topological polar surface area (TPSA) is 33.7 Å². The second-order valence-electron chi connectivity index (χ2n) is 5.91. The Labute approximate surface area is 171 Å². The fourth-order valence-corrected chi connectivity index (χ4v) is 3.00. The monoisotopic (exact) mass is 458 g/mol. The van der Waals surface area contributed by atoms with Crippen molar-refractivity contribution in [3.63, 3.8) is 0 Å². The summed E-state index contributed by atoms with van der Waals surface area (Å²) < 4.78 is 84.8. The minimum absolute atomic E-state index is 0. The van der Waals surface area contributed by atoms with Crippen molar-refractivity contribution in [2.75, 3.05) is 33.3 Å². The van der Waals surface area contributed by atoms with Gasteiger partial charge in [0.1, 0.15) is 11.5 Å². The predicted octanol–water partition coefficient (Wildman–Crippen LogP) is 4.73. The Morgan fingerprint density at radius 1 is 1.07 bits per heavy atom. The first-order valence-corrected chi connectivity index (χ1v) is 8.04. The van der Waals surface area contributed by atoms with Crippen molar-refractivity contribution in [3.05, 3.63) is 23.8 Å². The van der Waals surface area contributed by atoms with E-state index in [9.17, 15) is 26.3 Å². The van der Waals surface area contributed by atoms with Gasteiger partial charge in [-0.3, -0.25) is 4.90 Å². The van der Waals surface area contributed by atoms with E-state index in [1.165, 1.54) is 13.2 Å². The van der Waals surface area contributed by atoms with E-state index >= 15 is 0 Å². The third-order valence-electron chi connectivity index (χ3n) is 4.09. The zero-order chi connectivity index (χ0) is 19.4. The van der Waals surface area contributed by atoms with Crippen LogP contribution in [0.2, 0.25) is 0 Å². The number of nitrogens with one attached hydrogen (secondary N) is 1. The molecule has 28 heavy (non-hydrogen) atoms. The number of nitrogens with zero attached hydrogens (tertiary/aromatic N) is 1. The van der Waals surface area contributed by atoms with Gasteiger partial charge in [-0.2, -0.15) is 13.2 Å². The van der Waals surface area contributed by atoms with E-state index in [0.29, 0.717) is 26.2 Å². The highest BCUT2D eigenvalue weighted by Gasteiger charge is 2.34. The molecular weight excluding hydrogens is 437 g/mol. The number of piperazine rings is 1. The summed E-state index contributed by atoms with van der Waals surface area (Å²) in [5.74, 6) is -0.259. The first kappa shape index (κ1) is 26.9. The molecule has 1 aromatic rings. The average molecular weight is 459 g/mol. The SMILES string of the molecule is COc1ccc(OC(F)(F)F)cc1[C@H](CCC(F)(F)F)N1CCNCC1.Cl.Cl. The van der Waals surface area contributed by atoms with Crippen LogP contribution in [0.3, 0.4) is 0 Å². The third-order valence-corrected chi connectivity index (χ3v) is 4.09. The molecule has 1 fully saturated rings. The quantitative estimate of drug-likeness (QED) is 0.625. The maximum Gasteiger partial charge on any atom is 0.573 e. The van der Waals surface area contributed by atoms with Crippen molar-refractivity contribution in [1.82, 2.24) is 10.2 Å². The van der Waals surface area contributed by atoms with Crippen LogP contribution in [0.5, 0.6) is 11.5 Å². The van der Waals surface area contributed by atoms with Gasteiger partial charge >= 0.3 is 12.5 Å². The number of hydrogen-bond acceptors (Lipinski definition) is 4. The number of benzene rings is 1. The van der Waals surface area contributed by atoms with Crippen molar-refractivity contribution in [1.29, 1.82) is 0 Å². The van der Waals surface area contributed by atoms with Gasteiger partial charge in [-0.25, -0.2) is 0 Å². The van der Waals surface area contributed by atoms with E-state index in [2.05, 4.69) is 10.1 Å². The fraction of sp³-hybridized carbons (Fsp3) is 0.625. The highest BCUT2D eigenvalue weighted by molar-refractivity contribution is 5.85. The zero-order valence-corrected chi connectivity index (χ0v) is 16.5.